The van der Waals surface area contributed by atoms with Crippen molar-refractivity contribution in [2.24, 2.45) is 5.92 Å². The van der Waals surface area contributed by atoms with Gasteiger partial charge in [-0.15, -0.1) is 0 Å². The van der Waals surface area contributed by atoms with Gasteiger partial charge in [0.1, 0.15) is 5.82 Å². The van der Waals surface area contributed by atoms with Crippen molar-refractivity contribution in [2.75, 3.05) is 5.73 Å². The lowest BCUT2D eigenvalue weighted by atomic mass is 10.2. The van der Waals surface area contributed by atoms with E-state index in [-0.39, 0.29) is 0 Å². The van der Waals surface area contributed by atoms with E-state index in [1.54, 1.807) is 12.4 Å². The minimum atomic E-state index is 0.482. The van der Waals surface area contributed by atoms with Crippen LogP contribution in [0.5, 0.6) is 0 Å². The van der Waals surface area contributed by atoms with Crippen LogP contribution in [-0.2, 0) is 5.75 Å². The summed E-state index contributed by atoms with van der Waals surface area (Å²) in [5.74, 6) is 2.09. The quantitative estimate of drug-likeness (QED) is 0.830. The average molecular weight is 211 g/mol. The summed E-state index contributed by atoms with van der Waals surface area (Å²) < 4.78 is 0. The van der Waals surface area contributed by atoms with Gasteiger partial charge in [0.2, 0.25) is 0 Å². The summed E-state index contributed by atoms with van der Waals surface area (Å²) in [4.78, 5) is 8.21. The van der Waals surface area contributed by atoms with Crippen LogP contribution in [0.15, 0.2) is 12.4 Å². The smallest absolute Gasteiger partial charge is 0.141 e. The first-order valence-electron chi connectivity index (χ1n) is 4.77. The average Bonchev–Trinajstić information content (AvgIpc) is 2.16. The minimum absolute atomic E-state index is 0.482. The highest BCUT2D eigenvalue weighted by Crippen LogP contribution is 2.21. The Kier molecular flexibility index (Phi) is 4.20. The van der Waals surface area contributed by atoms with Crippen LogP contribution >= 0.6 is 11.8 Å². The Bertz CT molecular complexity index is 271. The molecular weight excluding hydrogens is 194 g/mol. The number of hydrogen-bond donors (Lipinski definition) is 1. The third kappa shape index (κ3) is 3.54. The van der Waals surface area contributed by atoms with E-state index in [2.05, 4.69) is 30.7 Å². The van der Waals surface area contributed by atoms with Crippen LogP contribution in [0.3, 0.4) is 0 Å². The van der Waals surface area contributed by atoms with Gasteiger partial charge in [-0.05, 0) is 5.92 Å². The van der Waals surface area contributed by atoms with Gasteiger partial charge < -0.3 is 5.73 Å². The molecule has 1 heterocycles. The maximum Gasteiger partial charge on any atom is 0.141 e. The van der Waals surface area contributed by atoms with Crippen molar-refractivity contribution in [3.05, 3.63) is 18.1 Å². The second-order valence-electron chi connectivity index (χ2n) is 3.69. The zero-order valence-electron chi connectivity index (χ0n) is 8.90. The lowest BCUT2D eigenvalue weighted by Crippen LogP contribution is -2.06. The van der Waals surface area contributed by atoms with Crippen LogP contribution in [0.4, 0.5) is 5.82 Å². The molecule has 0 saturated heterocycles. The van der Waals surface area contributed by atoms with Crippen molar-refractivity contribution in [3.8, 4) is 0 Å². The highest BCUT2D eigenvalue weighted by molar-refractivity contribution is 7.99. The number of nitrogen functional groups attached to an aromatic ring is 1. The van der Waals surface area contributed by atoms with Gasteiger partial charge in [0.05, 0.1) is 18.1 Å². The predicted molar refractivity (Wildman–Crippen MR) is 62.0 cm³/mol. The third-order valence-corrected chi connectivity index (χ3v) is 3.69. The molecule has 0 aromatic carbocycles. The van der Waals surface area contributed by atoms with Crippen LogP contribution < -0.4 is 5.73 Å². The summed E-state index contributed by atoms with van der Waals surface area (Å²) in [6, 6.07) is 0. The van der Waals surface area contributed by atoms with Gasteiger partial charge in [-0.25, -0.2) is 4.98 Å². The molecule has 0 amide bonds. The Morgan fingerprint density at radius 3 is 2.50 bits per heavy atom. The standard InChI is InChI=1S/C10H17N3S/c1-7(2)8(3)14-6-9-4-13-10(11)5-12-9/h4-5,7-8H,6H2,1-3H3,(H2,11,13). The van der Waals surface area contributed by atoms with Gasteiger partial charge >= 0.3 is 0 Å². The van der Waals surface area contributed by atoms with E-state index in [1.807, 2.05) is 11.8 Å². The first-order valence-corrected chi connectivity index (χ1v) is 5.82. The topological polar surface area (TPSA) is 51.8 Å². The molecule has 1 unspecified atom stereocenters. The van der Waals surface area contributed by atoms with Crippen molar-refractivity contribution in [3.63, 3.8) is 0 Å². The van der Waals surface area contributed by atoms with Gasteiger partial charge in [-0.1, -0.05) is 20.8 Å². The lowest BCUT2D eigenvalue weighted by Gasteiger charge is -2.14. The van der Waals surface area contributed by atoms with Crippen molar-refractivity contribution < 1.29 is 0 Å². The molecule has 2 N–H and O–H groups in total. The Hall–Kier alpha value is -0.770. The van der Waals surface area contributed by atoms with E-state index >= 15 is 0 Å². The van der Waals surface area contributed by atoms with E-state index in [1.165, 1.54) is 0 Å². The number of anilines is 1. The summed E-state index contributed by atoms with van der Waals surface area (Å²) in [6.07, 6.45) is 3.35. The lowest BCUT2D eigenvalue weighted by molar-refractivity contribution is 0.642. The molecule has 14 heavy (non-hydrogen) atoms. The maximum atomic E-state index is 5.45. The highest BCUT2D eigenvalue weighted by atomic mass is 32.2. The second-order valence-corrected chi connectivity index (χ2v) is 5.06. The Labute approximate surface area is 89.5 Å². The molecule has 1 aromatic rings. The van der Waals surface area contributed by atoms with Gasteiger partial charge in [0, 0.05) is 11.0 Å². The molecule has 1 rings (SSSR count). The van der Waals surface area contributed by atoms with Crippen molar-refractivity contribution in [1.82, 2.24) is 9.97 Å². The molecule has 0 fully saturated rings. The van der Waals surface area contributed by atoms with Gasteiger partial charge in [-0.2, -0.15) is 11.8 Å². The Morgan fingerprint density at radius 2 is 2.00 bits per heavy atom. The van der Waals surface area contributed by atoms with Gasteiger partial charge in [0.25, 0.3) is 0 Å². The van der Waals surface area contributed by atoms with Gasteiger partial charge in [-0.3, -0.25) is 4.98 Å². The fourth-order valence-corrected chi connectivity index (χ4v) is 1.82. The first-order chi connectivity index (χ1) is 6.59. The fourth-order valence-electron chi connectivity index (χ4n) is 0.849. The van der Waals surface area contributed by atoms with E-state index in [4.69, 9.17) is 5.73 Å². The predicted octanol–water partition coefficient (Wildman–Crippen LogP) is 2.34. The number of thioether (sulfide) groups is 1. The van der Waals surface area contributed by atoms with E-state index in [0.717, 1.165) is 11.4 Å². The summed E-state index contributed by atoms with van der Waals surface area (Å²) in [6.45, 7) is 6.69. The summed E-state index contributed by atoms with van der Waals surface area (Å²) in [5.41, 5.74) is 6.45. The maximum absolute atomic E-state index is 5.45. The number of aromatic nitrogens is 2. The number of nitrogens with two attached hydrogens (primary N) is 1. The number of rotatable bonds is 4. The second kappa shape index (κ2) is 5.20. The molecule has 1 atom stereocenters. The summed E-state index contributed by atoms with van der Waals surface area (Å²) in [5, 5.41) is 0.648. The van der Waals surface area contributed by atoms with E-state index in [9.17, 15) is 0 Å². The minimum Gasteiger partial charge on any atom is -0.382 e. The molecule has 0 aliphatic rings. The third-order valence-electron chi connectivity index (χ3n) is 2.16. The Balaban J connectivity index is 2.42. The van der Waals surface area contributed by atoms with Crippen molar-refractivity contribution >= 4 is 17.6 Å². The molecule has 0 saturated carbocycles. The molecule has 78 valence electrons. The first kappa shape index (κ1) is 11.3. The molecule has 0 spiro atoms. The molecular formula is C10H17N3S. The van der Waals surface area contributed by atoms with Gasteiger partial charge in [0.15, 0.2) is 0 Å². The largest absolute Gasteiger partial charge is 0.382 e. The zero-order valence-corrected chi connectivity index (χ0v) is 9.71. The van der Waals surface area contributed by atoms with E-state index in [0.29, 0.717) is 17.0 Å². The van der Waals surface area contributed by atoms with Crippen LogP contribution in [0, 0.1) is 5.92 Å². The zero-order chi connectivity index (χ0) is 10.6. The van der Waals surface area contributed by atoms with Crippen LogP contribution in [-0.4, -0.2) is 15.2 Å². The molecule has 0 bridgehead atoms. The molecule has 4 heteroatoms. The molecule has 0 aliphatic heterocycles. The number of nitrogens with zero attached hydrogens (tertiary/aromatic N) is 2. The van der Waals surface area contributed by atoms with Crippen LogP contribution in [0.25, 0.3) is 0 Å². The summed E-state index contributed by atoms with van der Waals surface area (Å²) >= 11 is 1.90. The van der Waals surface area contributed by atoms with Crippen LogP contribution in [0.1, 0.15) is 26.5 Å². The Morgan fingerprint density at radius 1 is 1.29 bits per heavy atom. The SMILES string of the molecule is CC(C)C(C)SCc1cnc(N)cn1. The van der Waals surface area contributed by atoms with Crippen molar-refractivity contribution in [2.45, 2.75) is 31.8 Å². The van der Waals surface area contributed by atoms with Crippen molar-refractivity contribution in [1.29, 1.82) is 0 Å². The monoisotopic (exact) mass is 211 g/mol. The highest BCUT2D eigenvalue weighted by Gasteiger charge is 2.07. The molecule has 0 aliphatic carbocycles. The normalized spacial score (nSPS) is 13.1. The van der Waals surface area contributed by atoms with Crippen LogP contribution in [0.2, 0.25) is 0 Å². The molecule has 0 radical (unpaired) electrons. The number of hydrogen-bond acceptors (Lipinski definition) is 4. The molecule has 1 aromatic heterocycles. The van der Waals surface area contributed by atoms with E-state index < -0.39 is 0 Å². The molecule has 3 nitrogen and oxygen atoms in total. The fraction of sp³-hybridized carbons (Fsp3) is 0.600. The summed E-state index contributed by atoms with van der Waals surface area (Å²) in [7, 11) is 0.